The fourth-order valence-corrected chi connectivity index (χ4v) is 3.78. The molecule has 1 saturated heterocycles. The van der Waals surface area contributed by atoms with E-state index < -0.39 is 0 Å². The van der Waals surface area contributed by atoms with Gasteiger partial charge in [0, 0.05) is 10.2 Å². The van der Waals surface area contributed by atoms with Crippen LogP contribution in [0.1, 0.15) is 30.3 Å². The molecule has 0 saturated carbocycles. The molecule has 2 aromatic rings. The summed E-state index contributed by atoms with van der Waals surface area (Å²) in [5.74, 6) is 2.51. The second-order valence-electron chi connectivity index (χ2n) is 4.55. The number of hydrogen-bond acceptors (Lipinski definition) is 5. The summed E-state index contributed by atoms with van der Waals surface area (Å²) in [4.78, 5) is 4.52. The molecule has 1 aromatic heterocycles. The standard InChI is InChI=1S/C13H14BrN3OS/c14-10-5-4-8(15)7-9(10)13-16-12(17-18-13)11-3-1-2-6-19-11/h4-5,7,11H,1-3,6,15H2. The largest absolute Gasteiger partial charge is 0.399 e. The third-order valence-corrected chi connectivity index (χ3v) is 5.19. The molecule has 0 bridgehead atoms. The van der Waals surface area contributed by atoms with Gasteiger partial charge in [-0.25, -0.2) is 0 Å². The summed E-state index contributed by atoms with van der Waals surface area (Å²) >= 11 is 5.39. The van der Waals surface area contributed by atoms with Crippen LogP contribution >= 0.6 is 27.7 Å². The van der Waals surface area contributed by atoms with E-state index in [1.54, 1.807) is 0 Å². The first kappa shape index (κ1) is 13.0. The van der Waals surface area contributed by atoms with Crippen molar-refractivity contribution < 1.29 is 4.52 Å². The number of benzene rings is 1. The average Bonchev–Trinajstić information content (AvgIpc) is 2.92. The van der Waals surface area contributed by atoms with E-state index in [0.717, 1.165) is 22.3 Å². The predicted octanol–water partition coefficient (Wildman–Crippen LogP) is 4.04. The maximum Gasteiger partial charge on any atom is 0.259 e. The zero-order chi connectivity index (χ0) is 13.2. The topological polar surface area (TPSA) is 64.9 Å². The number of nitrogens with zero attached hydrogens (tertiary/aromatic N) is 2. The van der Waals surface area contributed by atoms with Crippen molar-refractivity contribution in [1.29, 1.82) is 0 Å². The fraction of sp³-hybridized carbons (Fsp3) is 0.385. The van der Waals surface area contributed by atoms with Crippen molar-refractivity contribution >= 4 is 33.4 Å². The number of hydrogen-bond donors (Lipinski definition) is 1. The van der Waals surface area contributed by atoms with Gasteiger partial charge in [-0.2, -0.15) is 16.7 Å². The molecule has 1 fully saturated rings. The Morgan fingerprint density at radius 3 is 3.05 bits per heavy atom. The van der Waals surface area contributed by atoms with Gasteiger partial charge in [-0.1, -0.05) is 11.6 Å². The van der Waals surface area contributed by atoms with Crippen molar-refractivity contribution in [2.24, 2.45) is 0 Å². The summed E-state index contributed by atoms with van der Waals surface area (Å²) in [6.45, 7) is 0. The average molecular weight is 340 g/mol. The molecule has 0 spiro atoms. The van der Waals surface area contributed by atoms with Crippen molar-refractivity contribution in [2.75, 3.05) is 11.5 Å². The van der Waals surface area contributed by atoms with Crippen LogP contribution in [0.5, 0.6) is 0 Å². The number of nitrogens with two attached hydrogens (primary N) is 1. The van der Waals surface area contributed by atoms with E-state index in [2.05, 4.69) is 26.1 Å². The number of anilines is 1. The lowest BCUT2D eigenvalue weighted by atomic mass is 10.2. The van der Waals surface area contributed by atoms with Gasteiger partial charge in [0.1, 0.15) is 0 Å². The lowest BCUT2D eigenvalue weighted by Gasteiger charge is -2.17. The highest BCUT2D eigenvalue weighted by molar-refractivity contribution is 9.10. The number of nitrogen functional groups attached to an aromatic ring is 1. The maximum atomic E-state index is 5.80. The Morgan fingerprint density at radius 1 is 1.37 bits per heavy atom. The van der Waals surface area contributed by atoms with Crippen LogP contribution in [0.2, 0.25) is 0 Å². The molecule has 19 heavy (non-hydrogen) atoms. The van der Waals surface area contributed by atoms with Crippen LogP contribution in [0.25, 0.3) is 11.5 Å². The second-order valence-corrected chi connectivity index (χ2v) is 6.72. The van der Waals surface area contributed by atoms with Gasteiger partial charge in [-0.05, 0) is 52.7 Å². The van der Waals surface area contributed by atoms with Crippen LogP contribution < -0.4 is 5.73 Å². The minimum atomic E-state index is 0.367. The fourth-order valence-electron chi connectivity index (χ4n) is 2.13. The number of halogens is 1. The maximum absolute atomic E-state index is 5.80. The molecule has 0 amide bonds. The molecular weight excluding hydrogens is 326 g/mol. The van der Waals surface area contributed by atoms with E-state index >= 15 is 0 Å². The third-order valence-electron chi connectivity index (χ3n) is 3.13. The molecule has 6 heteroatoms. The molecule has 3 rings (SSSR count). The van der Waals surface area contributed by atoms with E-state index in [9.17, 15) is 0 Å². The lowest BCUT2D eigenvalue weighted by molar-refractivity contribution is 0.420. The minimum Gasteiger partial charge on any atom is -0.399 e. The van der Waals surface area contributed by atoms with E-state index in [1.165, 1.54) is 18.6 Å². The van der Waals surface area contributed by atoms with Gasteiger partial charge in [0.25, 0.3) is 5.89 Å². The summed E-state index contributed by atoms with van der Waals surface area (Å²) < 4.78 is 6.29. The summed E-state index contributed by atoms with van der Waals surface area (Å²) in [5, 5.41) is 4.49. The minimum absolute atomic E-state index is 0.367. The number of thioether (sulfide) groups is 1. The Hall–Kier alpha value is -1.01. The summed E-state index contributed by atoms with van der Waals surface area (Å²) in [5.41, 5.74) is 7.33. The first-order chi connectivity index (χ1) is 9.24. The van der Waals surface area contributed by atoms with Gasteiger partial charge in [0.15, 0.2) is 5.82 Å². The van der Waals surface area contributed by atoms with Crippen LogP contribution in [0.3, 0.4) is 0 Å². The molecule has 0 radical (unpaired) electrons. The van der Waals surface area contributed by atoms with E-state index in [0.29, 0.717) is 16.8 Å². The smallest absolute Gasteiger partial charge is 0.259 e. The Kier molecular flexibility index (Phi) is 3.79. The molecule has 1 aromatic carbocycles. The Bertz CT molecular complexity index is 581. The molecule has 1 aliphatic rings. The molecular formula is C13H14BrN3OS. The highest BCUT2D eigenvalue weighted by atomic mass is 79.9. The summed E-state index contributed by atoms with van der Waals surface area (Å²) in [7, 11) is 0. The zero-order valence-corrected chi connectivity index (χ0v) is 12.7. The van der Waals surface area contributed by atoms with Crippen molar-refractivity contribution in [3.63, 3.8) is 0 Å². The molecule has 0 aliphatic carbocycles. The number of rotatable bonds is 2. The second kappa shape index (κ2) is 5.54. The van der Waals surface area contributed by atoms with Crippen molar-refractivity contribution in [3.8, 4) is 11.5 Å². The zero-order valence-electron chi connectivity index (χ0n) is 10.3. The van der Waals surface area contributed by atoms with Crippen LogP contribution in [0.4, 0.5) is 5.69 Å². The normalized spacial score (nSPS) is 19.5. The summed E-state index contributed by atoms with van der Waals surface area (Å²) in [6.07, 6.45) is 3.65. The number of aromatic nitrogens is 2. The molecule has 100 valence electrons. The molecule has 2 N–H and O–H groups in total. The van der Waals surface area contributed by atoms with Gasteiger partial charge in [0.2, 0.25) is 0 Å². The molecule has 1 atom stereocenters. The monoisotopic (exact) mass is 339 g/mol. The highest BCUT2D eigenvalue weighted by Crippen LogP contribution is 2.38. The molecule has 2 heterocycles. The lowest BCUT2D eigenvalue weighted by Crippen LogP contribution is -2.03. The van der Waals surface area contributed by atoms with E-state index in [-0.39, 0.29) is 0 Å². The third kappa shape index (κ3) is 2.79. The van der Waals surface area contributed by atoms with Crippen LogP contribution in [-0.4, -0.2) is 15.9 Å². The first-order valence-electron chi connectivity index (χ1n) is 6.24. The molecule has 4 nitrogen and oxygen atoms in total. The Balaban J connectivity index is 1.89. The van der Waals surface area contributed by atoms with E-state index in [4.69, 9.17) is 10.3 Å². The van der Waals surface area contributed by atoms with Crippen molar-refractivity contribution in [2.45, 2.75) is 24.5 Å². The van der Waals surface area contributed by atoms with Gasteiger partial charge in [0.05, 0.1) is 10.8 Å². The van der Waals surface area contributed by atoms with Gasteiger partial charge < -0.3 is 10.3 Å². The SMILES string of the molecule is Nc1ccc(Br)c(-c2nc(C3CCCCS3)no2)c1. The van der Waals surface area contributed by atoms with Crippen LogP contribution in [0.15, 0.2) is 27.2 Å². The Morgan fingerprint density at radius 2 is 2.26 bits per heavy atom. The van der Waals surface area contributed by atoms with Gasteiger partial charge >= 0.3 is 0 Å². The highest BCUT2D eigenvalue weighted by Gasteiger charge is 2.22. The molecule has 1 aliphatic heterocycles. The molecule has 1 unspecified atom stereocenters. The van der Waals surface area contributed by atoms with Gasteiger partial charge in [-0.3, -0.25) is 0 Å². The first-order valence-corrected chi connectivity index (χ1v) is 8.09. The van der Waals surface area contributed by atoms with E-state index in [1.807, 2.05) is 30.0 Å². The van der Waals surface area contributed by atoms with Crippen LogP contribution in [0, 0.1) is 0 Å². The summed E-state index contributed by atoms with van der Waals surface area (Å²) in [6, 6.07) is 5.57. The Labute approximate surface area is 124 Å². The quantitative estimate of drug-likeness (QED) is 0.836. The van der Waals surface area contributed by atoms with Crippen molar-refractivity contribution in [1.82, 2.24) is 10.1 Å². The van der Waals surface area contributed by atoms with Gasteiger partial charge in [-0.15, -0.1) is 0 Å². The van der Waals surface area contributed by atoms with Crippen molar-refractivity contribution in [3.05, 3.63) is 28.5 Å². The van der Waals surface area contributed by atoms with Crippen LogP contribution in [-0.2, 0) is 0 Å². The predicted molar refractivity (Wildman–Crippen MR) is 80.9 cm³/mol.